The van der Waals surface area contributed by atoms with E-state index in [0.29, 0.717) is 28.8 Å². The number of hydrogen-bond donors (Lipinski definition) is 3. The number of nitrogen functional groups attached to an aromatic ring is 1. The van der Waals surface area contributed by atoms with Crippen molar-refractivity contribution < 1.29 is 9.32 Å². The van der Waals surface area contributed by atoms with Crippen LogP contribution in [0.1, 0.15) is 21.4 Å². The summed E-state index contributed by atoms with van der Waals surface area (Å²) in [5, 5.41) is 10.4. The van der Waals surface area contributed by atoms with Crippen molar-refractivity contribution in [3.63, 3.8) is 0 Å². The molecule has 1 amide bonds. The molecule has 0 saturated heterocycles. The fraction of sp³-hybridized carbons (Fsp3) is 0.364. The molecular formula is C11H15N5O2S2. The second kappa shape index (κ2) is 6.14. The Bertz CT molecular complexity index is 622. The summed E-state index contributed by atoms with van der Waals surface area (Å²) in [6.45, 7) is 2.15. The van der Waals surface area contributed by atoms with Gasteiger partial charge in [0.2, 0.25) is 5.89 Å². The number of nitrogens with one attached hydrogen (secondary N) is 2. The molecule has 4 N–H and O–H groups in total. The Labute approximate surface area is 124 Å². The van der Waals surface area contributed by atoms with Gasteiger partial charge in [-0.2, -0.15) is 4.98 Å². The molecule has 7 nitrogen and oxygen atoms in total. The number of thiophene rings is 1. The van der Waals surface area contributed by atoms with Crippen LogP contribution >= 0.6 is 23.1 Å². The minimum atomic E-state index is -0.189. The van der Waals surface area contributed by atoms with Gasteiger partial charge >= 0.3 is 0 Å². The van der Waals surface area contributed by atoms with E-state index in [2.05, 4.69) is 20.8 Å². The summed E-state index contributed by atoms with van der Waals surface area (Å²) >= 11 is 2.80. The van der Waals surface area contributed by atoms with Crippen molar-refractivity contribution in [2.24, 2.45) is 0 Å². The Kier molecular flexibility index (Phi) is 4.50. The molecule has 0 radical (unpaired) electrons. The first-order valence-electron chi connectivity index (χ1n) is 5.78. The van der Waals surface area contributed by atoms with Crippen LogP contribution in [0.3, 0.4) is 0 Å². The quantitative estimate of drug-likeness (QED) is 0.721. The predicted molar refractivity (Wildman–Crippen MR) is 80.3 cm³/mol. The lowest BCUT2D eigenvalue weighted by molar-refractivity contribution is 0.0968. The SMILES string of the molecule is CNC(=O)c1sc(NCc2noc(C)n2)c(SC)c1N. The highest BCUT2D eigenvalue weighted by Crippen LogP contribution is 2.41. The lowest BCUT2D eigenvalue weighted by atomic mass is 10.3. The minimum Gasteiger partial charge on any atom is -0.396 e. The predicted octanol–water partition coefficient (Wildman–Crippen LogP) is 1.72. The van der Waals surface area contributed by atoms with E-state index in [1.165, 1.54) is 23.1 Å². The molecule has 0 bridgehead atoms. The van der Waals surface area contributed by atoms with Gasteiger partial charge in [0.1, 0.15) is 9.88 Å². The number of hydrogen-bond acceptors (Lipinski definition) is 8. The molecule has 108 valence electrons. The molecule has 0 spiro atoms. The number of nitrogens with two attached hydrogens (primary N) is 1. The van der Waals surface area contributed by atoms with Crippen molar-refractivity contribution in [2.75, 3.05) is 24.4 Å². The zero-order valence-electron chi connectivity index (χ0n) is 11.3. The highest BCUT2D eigenvalue weighted by atomic mass is 32.2. The molecule has 0 unspecified atom stereocenters. The first kappa shape index (κ1) is 14.7. The molecule has 0 saturated carbocycles. The summed E-state index contributed by atoms with van der Waals surface area (Å²) in [5.74, 6) is 0.887. The van der Waals surface area contributed by atoms with E-state index >= 15 is 0 Å². The van der Waals surface area contributed by atoms with Crippen molar-refractivity contribution in [1.82, 2.24) is 15.5 Å². The normalized spacial score (nSPS) is 10.6. The number of carbonyl (C=O) groups excluding carboxylic acids is 1. The highest BCUT2D eigenvalue weighted by molar-refractivity contribution is 7.99. The lowest BCUT2D eigenvalue weighted by Gasteiger charge is -2.03. The molecular weight excluding hydrogens is 298 g/mol. The molecule has 2 heterocycles. The molecule has 2 rings (SSSR count). The van der Waals surface area contributed by atoms with Crippen LogP contribution in [0.2, 0.25) is 0 Å². The highest BCUT2D eigenvalue weighted by Gasteiger charge is 2.20. The third-order valence-corrected chi connectivity index (χ3v) is 4.64. The Morgan fingerprint density at radius 2 is 2.30 bits per heavy atom. The van der Waals surface area contributed by atoms with Crippen LogP contribution in [-0.2, 0) is 6.54 Å². The Balaban J connectivity index is 2.20. The van der Waals surface area contributed by atoms with Crippen molar-refractivity contribution in [1.29, 1.82) is 0 Å². The number of aromatic nitrogens is 2. The number of anilines is 2. The van der Waals surface area contributed by atoms with Crippen LogP contribution in [0.15, 0.2) is 9.42 Å². The van der Waals surface area contributed by atoms with Crippen molar-refractivity contribution >= 4 is 39.7 Å². The average Bonchev–Trinajstić information content (AvgIpc) is 2.99. The molecule has 9 heteroatoms. The molecule has 0 aliphatic heterocycles. The van der Waals surface area contributed by atoms with E-state index in [1.54, 1.807) is 14.0 Å². The second-order valence-corrected chi connectivity index (χ2v) is 5.71. The average molecular weight is 313 g/mol. The first-order valence-corrected chi connectivity index (χ1v) is 7.82. The molecule has 0 aliphatic rings. The van der Waals surface area contributed by atoms with Gasteiger partial charge < -0.3 is 20.9 Å². The summed E-state index contributed by atoms with van der Waals surface area (Å²) in [4.78, 5) is 17.2. The number of aryl methyl sites for hydroxylation is 1. The van der Waals surface area contributed by atoms with Gasteiger partial charge in [-0.1, -0.05) is 5.16 Å². The van der Waals surface area contributed by atoms with Crippen molar-refractivity contribution in [2.45, 2.75) is 18.4 Å². The van der Waals surface area contributed by atoms with Gasteiger partial charge in [0, 0.05) is 14.0 Å². The largest absolute Gasteiger partial charge is 0.396 e. The number of rotatable bonds is 5. The van der Waals surface area contributed by atoms with Gasteiger partial charge in [-0.15, -0.1) is 23.1 Å². The van der Waals surface area contributed by atoms with Crippen LogP contribution in [-0.4, -0.2) is 29.4 Å². The van der Waals surface area contributed by atoms with E-state index < -0.39 is 0 Å². The lowest BCUT2D eigenvalue weighted by Crippen LogP contribution is -2.17. The van der Waals surface area contributed by atoms with E-state index in [-0.39, 0.29) is 5.91 Å². The smallest absolute Gasteiger partial charge is 0.263 e. The maximum absolute atomic E-state index is 11.7. The van der Waals surface area contributed by atoms with Crippen LogP contribution in [0.5, 0.6) is 0 Å². The third kappa shape index (κ3) is 2.88. The molecule has 0 aromatic carbocycles. The van der Waals surface area contributed by atoms with Crippen LogP contribution in [0.25, 0.3) is 0 Å². The summed E-state index contributed by atoms with van der Waals surface area (Å²) in [5.41, 5.74) is 6.50. The molecule has 2 aromatic heterocycles. The zero-order valence-corrected chi connectivity index (χ0v) is 12.9. The molecule has 2 aromatic rings. The van der Waals surface area contributed by atoms with E-state index in [4.69, 9.17) is 10.3 Å². The summed E-state index contributed by atoms with van der Waals surface area (Å²) < 4.78 is 4.90. The number of carbonyl (C=O) groups is 1. The van der Waals surface area contributed by atoms with Gasteiger partial charge in [-0.25, -0.2) is 0 Å². The second-order valence-electron chi connectivity index (χ2n) is 3.87. The van der Waals surface area contributed by atoms with Gasteiger partial charge in [-0.05, 0) is 6.26 Å². The molecule has 0 atom stereocenters. The van der Waals surface area contributed by atoms with Crippen LogP contribution in [0.4, 0.5) is 10.7 Å². The minimum absolute atomic E-state index is 0.189. The fourth-order valence-electron chi connectivity index (χ4n) is 1.60. The maximum atomic E-state index is 11.7. The molecule has 0 fully saturated rings. The van der Waals surface area contributed by atoms with E-state index in [0.717, 1.165) is 9.90 Å². The van der Waals surface area contributed by atoms with Crippen LogP contribution in [0, 0.1) is 6.92 Å². The van der Waals surface area contributed by atoms with Crippen molar-refractivity contribution in [3.8, 4) is 0 Å². The summed E-state index contributed by atoms with van der Waals surface area (Å²) in [6.07, 6.45) is 1.91. The van der Waals surface area contributed by atoms with Crippen LogP contribution < -0.4 is 16.4 Å². The summed E-state index contributed by atoms with van der Waals surface area (Å²) in [7, 11) is 1.58. The number of thioether (sulfide) groups is 1. The van der Waals surface area contributed by atoms with Crippen molar-refractivity contribution in [3.05, 3.63) is 16.6 Å². The number of amides is 1. The fourth-order valence-corrected chi connectivity index (χ4v) is 3.58. The zero-order chi connectivity index (χ0) is 14.7. The Hall–Kier alpha value is -1.74. The van der Waals surface area contributed by atoms with Gasteiger partial charge in [0.25, 0.3) is 5.91 Å². The Morgan fingerprint density at radius 3 is 2.85 bits per heavy atom. The first-order chi connectivity index (χ1) is 9.56. The standard InChI is InChI=1S/C11H15N5O2S2/c1-5-15-6(16-18-5)4-14-11-9(19-3)7(12)8(20-11)10(17)13-2/h14H,4,12H2,1-3H3,(H,13,17). The van der Waals surface area contributed by atoms with Gasteiger partial charge in [-0.3, -0.25) is 4.79 Å². The van der Waals surface area contributed by atoms with E-state index in [9.17, 15) is 4.79 Å². The third-order valence-electron chi connectivity index (χ3n) is 2.51. The Morgan fingerprint density at radius 1 is 1.55 bits per heavy atom. The topological polar surface area (TPSA) is 106 Å². The van der Waals surface area contributed by atoms with Gasteiger partial charge in [0.15, 0.2) is 5.82 Å². The molecule has 20 heavy (non-hydrogen) atoms. The maximum Gasteiger partial charge on any atom is 0.263 e. The van der Waals surface area contributed by atoms with E-state index in [1.807, 2.05) is 6.26 Å². The van der Waals surface area contributed by atoms with Gasteiger partial charge in [0.05, 0.1) is 17.1 Å². The monoisotopic (exact) mass is 313 g/mol. The number of nitrogens with zero attached hydrogens (tertiary/aromatic N) is 2. The molecule has 0 aliphatic carbocycles. The summed E-state index contributed by atoms with van der Waals surface area (Å²) in [6, 6.07) is 0.